The smallest absolute Gasteiger partial charge is 0.381 e. The highest BCUT2D eigenvalue weighted by molar-refractivity contribution is 5.79. The summed E-state index contributed by atoms with van der Waals surface area (Å²) < 4.78 is 56.5. The van der Waals surface area contributed by atoms with Crippen molar-refractivity contribution in [3.8, 4) is 0 Å². The molecule has 2 fully saturated rings. The maximum absolute atomic E-state index is 13.2. The van der Waals surface area contributed by atoms with Gasteiger partial charge in [-0.1, -0.05) is 12.1 Å². The molecule has 36 heavy (non-hydrogen) atoms. The van der Waals surface area contributed by atoms with Crippen LogP contribution in [0, 0.1) is 6.92 Å². The van der Waals surface area contributed by atoms with Crippen molar-refractivity contribution in [3.63, 3.8) is 0 Å². The van der Waals surface area contributed by atoms with Crippen LogP contribution in [0.3, 0.4) is 0 Å². The Morgan fingerprint density at radius 2 is 1.86 bits per heavy atom. The number of benzene rings is 1. The van der Waals surface area contributed by atoms with Crippen LogP contribution in [0.4, 0.5) is 19.0 Å². The summed E-state index contributed by atoms with van der Waals surface area (Å²) in [5, 5.41) is 6.30. The van der Waals surface area contributed by atoms with E-state index in [1.807, 2.05) is 6.92 Å². The van der Waals surface area contributed by atoms with Crippen molar-refractivity contribution < 1.29 is 32.2 Å². The number of nitrogens with one attached hydrogen (secondary N) is 2. The van der Waals surface area contributed by atoms with Gasteiger partial charge in [0, 0.05) is 24.8 Å². The molecule has 0 saturated carbocycles. The Bertz CT molecular complexity index is 1080. The number of nitrogens with zero attached hydrogens (tertiary/aromatic N) is 2. The number of rotatable bonds is 7. The van der Waals surface area contributed by atoms with Gasteiger partial charge < -0.3 is 24.8 Å². The average Bonchev–Trinajstić information content (AvgIpc) is 3.32. The maximum atomic E-state index is 13.2. The van der Waals surface area contributed by atoms with Crippen LogP contribution < -0.4 is 10.6 Å². The SMILES string of the molecule is Cc1nc(CC(=O)NC2(C)CCOCC2)c(C2OCCO2)c(N[C@H](C)c2cccc(C(F)(F)F)c2)n1. The molecule has 2 saturated heterocycles. The Hall–Kier alpha value is -2.76. The molecule has 2 aromatic rings. The topological polar surface area (TPSA) is 94.6 Å². The molecule has 1 aromatic carbocycles. The Kier molecular flexibility index (Phi) is 7.82. The van der Waals surface area contributed by atoms with Crippen molar-refractivity contribution in [3.05, 3.63) is 52.5 Å². The second kappa shape index (κ2) is 10.7. The zero-order valence-electron chi connectivity index (χ0n) is 20.6. The highest BCUT2D eigenvalue weighted by atomic mass is 19.4. The minimum absolute atomic E-state index is 0.0228. The van der Waals surface area contributed by atoms with E-state index < -0.39 is 24.1 Å². The van der Waals surface area contributed by atoms with Gasteiger partial charge in [-0.2, -0.15) is 13.2 Å². The molecule has 1 atom stereocenters. The summed E-state index contributed by atoms with van der Waals surface area (Å²) in [5.41, 5.74) is 0.267. The maximum Gasteiger partial charge on any atom is 0.416 e. The minimum Gasteiger partial charge on any atom is -0.381 e. The normalized spacial score (nSPS) is 19.2. The number of anilines is 1. The van der Waals surface area contributed by atoms with Crippen molar-refractivity contribution >= 4 is 11.7 Å². The van der Waals surface area contributed by atoms with Crippen LogP contribution in [0.25, 0.3) is 0 Å². The standard InChI is InChI=1S/C25H31F3N4O4/c1-15(17-5-4-6-18(13-17)25(26,27)28)29-22-21(23-35-11-12-36-23)19(30-16(2)31-22)14-20(33)32-24(3)7-9-34-10-8-24/h4-6,13,15,23H,7-12,14H2,1-3H3,(H,32,33)(H,29,30,31)/t15-/m1/s1. The van der Waals surface area contributed by atoms with E-state index in [2.05, 4.69) is 20.6 Å². The Balaban J connectivity index is 1.61. The fourth-order valence-corrected chi connectivity index (χ4v) is 4.41. The van der Waals surface area contributed by atoms with Crippen LogP contribution >= 0.6 is 0 Å². The second-order valence-corrected chi connectivity index (χ2v) is 9.44. The third kappa shape index (κ3) is 6.32. The molecule has 8 nitrogen and oxygen atoms in total. The van der Waals surface area contributed by atoms with Gasteiger partial charge in [0.15, 0.2) is 6.29 Å². The number of halogens is 3. The first-order chi connectivity index (χ1) is 17.0. The molecule has 1 aromatic heterocycles. The molecular formula is C25H31F3N4O4. The van der Waals surface area contributed by atoms with Gasteiger partial charge in [0.05, 0.1) is 36.5 Å². The molecule has 4 rings (SSSR count). The van der Waals surface area contributed by atoms with Gasteiger partial charge in [0.1, 0.15) is 11.6 Å². The molecule has 2 aliphatic rings. The van der Waals surface area contributed by atoms with E-state index in [0.717, 1.165) is 12.1 Å². The predicted octanol–water partition coefficient (Wildman–Crippen LogP) is 4.25. The van der Waals surface area contributed by atoms with Crippen LogP contribution in [0.15, 0.2) is 24.3 Å². The Morgan fingerprint density at radius 3 is 2.53 bits per heavy atom. The summed E-state index contributed by atoms with van der Waals surface area (Å²) in [4.78, 5) is 22.0. The minimum atomic E-state index is -4.44. The van der Waals surface area contributed by atoms with E-state index in [4.69, 9.17) is 14.2 Å². The van der Waals surface area contributed by atoms with Crippen molar-refractivity contribution in [1.82, 2.24) is 15.3 Å². The van der Waals surface area contributed by atoms with E-state index in [1.165, 1.54) is 6.07 Å². The molecule has 0 bridgehead atoms. The lowest BCUT2D eigenvalue weighted by Gasteiger charge is -2.34. The molecule has 196 valence electrons. The Labute approximate surface area is 207 Å². The zero-order valence-corrected chi connectivity index (χ0v) is 20.6. The summed E-state index contributed by atoms with van der Waals surface area (Å²) in [7, 11) is 0. The van der Waals surface area contributed by atoms with Gasteiger partial charge in [-0.3, -0.25) is 4.79 Å². The summed E-state index contributed by atoms with van der Waals surface area (Å²) in [6, 6.07) is 4.61. The van der Waals surface area contributed by atoms with Crippen molar-refractivity contribution in [2.45, 2.75) is 64.1 Å². The largest absolute Gasteiger partial charge is 0.416 e. The number of carbonyl (C=O) groups excluding carboxylic acids is 1. The fourth-order valence-electron chi connectivity index (χ4n) is 4.41. The number of alkyl halides is 3. The van der Waals surface area contributed by atoms with E-state index >= 15 is 0 Å². The third-order valence-electron chi connectivity index (χ3n) is 6.43. The van der Waals surface area contributed by atoms with E-state index in [-0.39, 0.29) is 17.9 Å². The molecule has 2 N–H and O–H groups in total. The lowest BCUT2D eigenvalue weighted by atomic mass is 9.92. The Morgan fingerprint density at radius 1 is 1.17 bits per heavy atom. The predicted molar refractivity (Wildman–Crippen MR) is 125 cm³/mol. The van der Waals surface area contributed by atoms with E-state index in [1.54, 1.807) is 19.9 Å². The molecule has 2 aliphatic heterocycles. The third-order valence-corrected chi connectivity index (χ3v) is 6.43. The van der Waals surface area contributed by atoms with Crippen molar-refractivity contribution in [2.75, 3.05) is 31.7 Å². The molecule has 0 unspecified atom stereocenters. The fraction of sp³-hybridized carbons (Fsp3) is 0.560. The monoisotopic (exact) mass is 508 g/mol. The van der Waals surface area contributed by atoms with Crippen LogP contribution in [-0.2, 0) is 31.6 Å². The van der Waals surface area contributed by atoms with Crippen LogP contribution in [0.5, 0.6) is 0 Å². The highest BCUT2D eigenvalue weighted by Gasteiger charge is 2.33. The molecule has 0 spiro atoms. The molecule has 11 heteroatoms. The molecular weight excluding hydrogens is 477 g/mol. The summed E-state index contributed by atoms with van der Waals surface area (Å²) in [6.45, 7) is 7.33. The lowest BCUT2D eigenvalue weighted by Crippen LogP contribution is -2.50. The first-order valence-electron chi connectivity index (χ1n) is 12.0. The van der Waals surface area contributed by atoms with Gasteiger partial charge >= 0.3 is 6.18 Å². The van der Waals surface area contributed by atoms with Crippen molar-refractivity contribution in [2.24, 2.45) is 0 Å². The number of amides is 1. The van der Waals surface area contributed by atoms with Gasteiger partial charge in [-0.15, -0.1) is 0 Å². The van der Waals surface area contributed by atoms with Crippen molar-refractivity contribution in [1.29, 1.82) is 0 Å². The van der Waals surface area contributed by atoms with Gasteiger partial charge in [0.2, 0.25) is 5.91 Å². The van der Waals surface area contributed by atoms with Crippen LogP contribution in [0.2, 0.25) is 0 Å². The number of aryl methyl sites for hydroxylation is 1. The van der Waals surface area contributed by atoms with Gasteiger partial charge in [-0.05, 0) is 51.3 Å². The second-order valence-electron chi connectivity index (χ2n) is 9.44. The zero-order chi connectivity index (χ0) is 25.9. The molecule has 1 amide bonds. The van der Waals surface area contributed by atoms with Crippen LogP contribution in [0.1, 0.15) is 67.2 Å². The molecule has 0 radical (unpaired) electrons. The number of hydrogen-bond acceptors (Lipinski definition) is 7. The van der Waals surface area contributed by atoms with E-state index in [9.17, 15) is 18.0 Å². The highest BCUT2D eigenvalue weighted by Crippen LogP contribution is 2.35. The number of carbonyl (C=O) groups is 1. The summed E-state index contributed by atoms with van der Waals surface area (Å²) in [5.74, 6) is 0.573. The number of hydrogen-bond donors (Lipinski definition) is 2. The van der Waals surface area contributed by atoms with Gasteiger partial charge in [-0.25, -0.2) is 9.97 Å². The molecule has 3 heterocycles. The first-order valence-corrected chi connectivity index (χ1v) is 12.0. The van der Waals surface area contributed by atoms with Crippen LogP contribution in [-0.4, -0.2) is 47.8 Å². The average molecular weight is 509 g/mol. The number of ether oxygens (including phenoxy) is 3. The quantitative estimate of drug-likeness (QED) is 0.578. The first kappa shape index (κ1) is 26.3. The summed E-state index contributed by atoms with van der Waals surface area (Å²) >= 11 is 0. The number of aromatic nitrogens is 2. The summed E-state index contributed by atoms with van der Waals surface area (Å²) in [6.07, 6.45) is -3.83. The van der Waals surface area contributed by atoms with Gasteiger partial charge in [0.25, 0.3) is 0 Å². The lowest BCUT2D eigenvalue weighted by molar-refractivity contribution is -0.137. The van der Waals surface area contributed by atoms with E-state index in [0.29, 0.717) is 67.7 Å². The molecule has 0 aliphatic carbocycles.